The molecule has 9 nitrogen and oxygen atoms in total. The van der Waals surface area contributed by atoms with Crippen LogP contribution >= 0.6 is 11.6 Å². The van der Waals surface area contributed by atoms with Crippen LogP contribution in [0.4, 0.5) is 15.8 Å². The van der Waals surface area contributed by atoms with Crippen LogP contribution in [0.3, 0.4) is 0 Å². The number of nitrogens with zero attached hydrogens (tertiary/aromatic N) is 4. The Morgan fingerprint density at radius 1 is 1.20 bits per heavy atom. The second-order valence-electron chi connectivity index (χ2n) is 6.58. The fourth-order valence-electron chi connectivity index (χ4n) is 3.25. The molecular formula is C19H15ClFN5O4. The van der Waals surface area contributed by atoms with Gasteiger partial charge in [-0.2, -0.15) is 5.11 Å². The van der Waals surface area contributed by atoms with E-state index >= 15 is 0 Å². The zero-order valence-corrected chi connectivity index (χ0v) is 16.3. The van der Waals surface area contributed by atoms with Crippen LogP contribution in [0.15, 0.2) is 52.8 Å². The topological polar surface area (TPSA) is 104 Å². The number of hydrogen-bond acceptors (Lipinski definition) is 7. The fourth-order valence-corrected chi connectivity index (χ4v) is 3.43. The molecule has 0 saturated carbocycles. The molecule has 0 bridgehead atoms. The monoisotopic (exact) mass is 431 g/mol. The highest BCUT2D eigenvalue weighted by atomic mass is 35.5. The third-order valence-electron chi connectivity index (χ3n) is 4.70. The molecule has 0 spiro atoms. The zero-order chi connectivity index (χ0) is 21.4. The summed E-state index contributed by atoms with van der Waals surface area (Å²) in [5.41, 5.74) is 0.661. The van der Waals surface area contributed by atoms with Crippen molar-refractivity contribution in [2.24, 2.45) is 10.3 Å². The molecule has 2 aliphatic heterocycles. The highest BCUT2D eigenvalue weighted by molar-refractivity contribution is 6.32. The van der Waals surface area contributed by atoms with Gasteiger partial charge in [0.15, 0.2) is 12.1 Å². The summed E-state index contributed by atoms with van der Waals surface area (Å²) >= 11 is 5.76. The minimum Gasteiger partial charge on any atom is -0.497 e. The van der Waals surface area contributed by atoms with Gasteiger partial charge in [-0.05, 0) is 42.5 Å². The molecule has 1 N–H and O–H groups in total. The number of carbonyl (C=O) groups is 3. The SMILES string of the molecule is COc1ccc(NC(=O)CN2N=NC3C(=O)N(c4ccc(F)c(Cl)c4)C(=O)C32)cc1. The van der Waals surface area contributed by atoms with Crippen LogP contribution in [0.1, 0.15) is 0 Å². The maximum absolute atomic E-state index is 13.4. The van der Waals surface area contributed by atoms with Crippen LogP contribution in [0.25, 0.3) is 0 Å². The highest BCUT2D eigenvalue weighted by Gasteiger charge is 2.55. The van der Waals surface area contributed by atoms with E-state index in [9.17, 15) is 18.8 Å². The Hall–Kier alpha value is -3.53. The molecule has 154 valence electrons. The number of imide groups is 1. The number of hydrogen-bond donors (Lipinski definition) is 1. The van der Waals surface area contributed by atoms with Crippen molar-refractivity contribution in [3.63, 3.8) is 0 Å². The Labute approximate surface area is 175 Å². The van der Waals surface area contributed by atoms with Crippen molar-refractivity contribution in [2.45, 2.75) is 12.1 Å². The van der Waals surface area contributed by atoms with E-state index in [4.69, 9.17) is 16.3 Å². The molecule has 4 rings (SSSR count). The molecule has 0 aliphatic carbocycles. The van der Waals surface area contributed by atoms with Crippen molar-refractivity contribution in [1.82, 2.24) is 5.01 Å². The van der Waals surface area contributed by atoms with E-state index in [1.807, 2.05) is 0 Å². The van der Waals surface area contributed by atoms with Gasteiger partial charge in [-0.1, -0.05) is 16.8 Å². The summed E-state index contributed by atoms with van der Waals surface area (Å²) in [6.45, 7) is -0.284. The molecule has 2 atom stereocenters. The molecule has 0 radical (unpaired) electrons. The van der Waals surface area contributed by atoms with Gasteiger partial charge in [-0.15, -0.1) is 0 Å². The van der Waals surface area contributed by atoms with Gasteiger partial charge in [0, 0.05) is 5.69 Å². The first-order chi connectivity index (χ1) is 14.4. The molecular weight excluding hydrogens is 417 g/mol. The maximum Gasteiger partial charge on any atom is 0.263 e. The lowest BCUT2D eigenvalue weighted by atomic mass is 10.1. The van der Waals surface area contributed by atoms with Crippen molar-refractivity contribution in [3.05, 3.63) is 53.3 Å². The average molecular weight is 432 g/mol. The van der Waals surface area contributed by atoms with Crippen molar-refractivity contribution in [3.8, 4) is 5.75 Å². The largest absolute Gasteiger partial charge is 0.497 e. The van der Waals surface area contributed by atoms with E-state index in [1.54, 1.807) is 24.3 Å². The second kappa shape index (κ2) is 7.71. The predicted molar refractivity (Wildman–Crippen MR) is 105 cm³/mol. The predicted octanol–water partition coefficient (Wildman–Crippen LogP) is 2.42. The van der Waals surface area contributed by atoms with Crippen LogP contribution in [-0.4, -0.2) is 48.5 Å². The van der Waals surface area contributed by atoms with Crippen LogP contribution in [0.2, 0.25) is 5.02 Å². The molecule has 2 aromatic rings. The molecule has 1 fully saturated rings. The summed E-state index contributed by atoms with van der Waals surface area (Å²) in [6, 6.07) is 8.09. The Bertz CT molecular complexity index is 1060. The van der Waals surface area contributed by atoms with Gasteiger partial charge in [0.2, 0.25) is 5.91 Å². The summed E-state index contributed by atoms with van der Waals surface area (Å²) in [5.74, 6) is -1.70. The van der Waals surface area contributed by atoms with E-state index in [0.717, 1.165) is 16.0 Å². The third kappa shape index (κ3) is 3.45. The van der Waals surface area contributed by atoms with Gasteiger partial charge in [-0.3, -0.25) is 19.4 Å². The summed E-state index contributed by atoms with van der Waals surface area (Å²) < 4.78 is 18.5. The van der Waals surface area contributed by atoms with Gasteiger partial charge in [0.25, 0.3) is 11.8 Å². The van der Waals surface area contributed by atoms with E-state index in [1.165, 1.54) is 19.2 Å². The number of methoxy groups -OCH3 is 1. The quantitative estimate of drug-likeness (QED) is 0.732. The minimum absolute atomic E-state index is 0.128. The molecule has 2 aromatic carbocycles. The number of fused-ring (bicyclic) bond motifs is 1. The fraction of sp³-hybridized carbons (Fsp3) is 0.211. The molecule has 30 heavy (non-hydrogen) atoms. The normalized spacial score (nSPS) is 20.0. The number of amides is 3. The molecule has 0 aromatic heterocycles. The lowest BCUT2D eigenvalue weighted by Gasteiger charge is -2.20. The smallest absolute Gasteiger partial charge is 0.263 e. The number of anilines is 2. The van der Waals surface area contributed by atoms with Crippen molar-refractivity contribution in [2.75, 3.05) is 23.9 Å². The number of benzene rings is 2. The van der Waals surface area contributed by atoms with Crippen LogP contribution in [-0.2, 0) is 14.4 Å². The van der Waals surface area contributed by atoms with E-state index < -0.39 is 35.6 Å². The number of rotatable bonds is 5. The second-order valence-corrected chi connectivity index (χ2v) is 6.99. The standard InChI is InChI=1S/C19H15ClFN5O4/c1-30-12-5-2-10(3-6-12)22-15(27)9-25-17-16(23-24-25)18(28)26(19(17)29)11-4-7-14(21)13(20)8-11/h2-8,16-17H,9H2,1H3,(H,22,27). The first-order valence-corrected chi connectivity index (χ1v) is 9.21. The first-order valence-electron chi connectivity index (χ1n) is 8.83. The Morgan fingerprint density at radius 3 is 2.60 bits per heavy atom. The maximum atomic E-state index is 13.4. The van der Waals surface area contributed by atoms with E-state index in [2.05, 4.69) is 15.7 Å². The lowest BCUT2D eigenvalue weighted by molar-refractivity contribution is -0.123. The molecule has 11 heteroatoms. The average Bonchev–Trinajstić information content (AvgIpc) is 3.24. The summed E-state index contributed by atoms with van der Waals surface area (Å²) in [5, 5.41) is 11.3. The van der Waals surface area contributed by atoms with Gasteiger partial charge >= 0.3 is 0 Å². The summed E-state index contributed by atoms with van der Waals surface area (Å²) in [4.78, 5) is 38.8. The molecule has 2 unspecified atom stereocenters. The Kier molecular flexibility index (Phi) is 5.08. The zero-order valence-electron chi connectivity index (χ0n) is 15.6. The highest BCUT2D eigenvalue weighted by Crippen LogP contribution is 2.33. The molecule has 2 aliphatic rings. The Morgan fingerprint density at radius 2 is 1.93 bits per heavy atom. The van der Waals surface area contributed by atoms with Crippen molar-refractivity contribution < 1.29 is 23.5 Å². The van der Waals surface area contributed by atoms with E-state index in [-0.39, 0.29) is 17.3 Å². The summed E-state index contributed by atoms with van der Waals surface area (Å²) in [6.07, 6.45) is 0. The number of halogens is 2. The van der Waals surface area contributed by atoms with Crippen LogP contribution in [0, 0.1) is 5.82 Å². The third-order valence-corrected chi connectivity index (χ3v) is 4.99. The number of carbonyl (C=O) groups excluding carboxylic acids is 3. The number of nitrogens with one attached hydrogen (secondary N) is 1. The van der Waals surface area contributed by atoms with Crippen molar-refractivity contribution in [1.29, 1.82) is 0 Å². The molecule has 1 saturated heterocycles. The van der Waals surface area contributed by atoms with Gasteiger partial charge < -0.3 is 10.1 Å². The molecule has 3 amide bonds. The minimum atomic E-state index is -1.07. The summed E-state index contributed by atoms with van der Waals surface area (Å²) in [7, 11) is 1.53. The van der Waals surface area contributed by atoms with Crippen molar-refractivity contribution >= 4 is 40.7 Å². The van der Waals surface area contributed by atoms with Crippen LogP contribution in [0.5, 0.6) is 5.75 Å². The van der Waals surface area contributed by atoms with Gasteiger partial charge in [0.1, 0.15) is 18.1 Å². The Balaban J connectivity index is 1.47. The molecule has 2 heterocycles. The van der Waals surface area contributed by atoms with Crippen LogP contribution < -0.4 is 15.0 Å². The van der Waals surface area contributed by atoms with E-state index in [0.29, 0.717) is 11.4 Å². The first kappa shape index (κ1) is 19.8. The number of ether oxygens (including phenoxy) is 1. The lowest BCUT2D eigenvalue weighted by Crippen LogP contribution is -2.43. The van der Waals surface area contributed by atoms with Gasteiger partial charge in [0.05, 0.1) is 17.8 Å². The van der Waals surface area contributed by atoms with Gasteiger partial charge in [-0.25, -0.2) is 9.29 Å².